The first kappa shape index (κ1) is 31.4. The van der Waals surface area contributed by atoms with Gasteiger partial charge in [-0.3, -0.25) is 9.97 Å². The zero-order chi connectivity index (χ0) is 35.5. The molecule has 53 heavy (non-hydrogen) atoms. The molecule has 1 aliphatic rings. The summed E-state index contributed by atoms with van der Waals surface area (Å²) in [6.45, 7) is 4.83. The van der Waals surface area contributed by atoms with Crippen molar-refractivity contribution in [2.75, 3.05) is 0 Å². The molecule has 10 rings (SSSR count). The number of nitrogens with zero attached hydrogens (tertiary/aromatic N) is 2. The van der Waals surface area contributed by atoms with Crippen LogP contribution in [0, 0.1) is 0 Å². The highest BCUT2D eigenvalue weighted by Crippen LogP contribution is 2.51. The molecule has 1 unspecified atom stereocenters. The molecular weight excluding hydrogens is 639 g/mol. The van der Waals surface area contributed by atoms with E-state index in [1.54, 1.807) is 0 Å². The molecule has 0 fully saturated rings. The summed E-state index contributed by atoms with van der Waals surface area (Å²) in [4.78, 5) is 9.79. The maximum Gasteiger partial charge on any atom is 0.265 e. The molecule has 2 heterocycles. The Bertz CT molecular complexity index is 2720. The van der Waals surface area contributed by atoms with E-state index in [0.717, 1.165) is 11.3 Å². The molecule has 0 bridgehead atoms. The highest BCUT2D eigenvalue weighted by atomic mass is 14.7. The van der Waals surface area contributed by atoms with E-state index >= 15 is 0 Å². The molecule has 0 spiro atoms. The van der Waals surface area contributed by atoms with Crippen LogP contribution in [-0.4, -0.2) is 16.7 Å². The SMILES string of the molecule is CC1(C)c2cc(B(c3ccccc3)c3ccccn3)ccc2-c2cc3c4ccccc4c(C(c4ccccc4)c4ccccn4)cc3c3cccc1c23. The normalized spacial score (nSPS) is 13.5. The second-order valence-electron chi connectivity index (χ2n) is 14.9. The van der Waals surface area contributed by atoms with Gasteiger partial charge in [0, 0.05) is 23.4 Å². The van der Waals surface area contributed by atoms with Crippen LogP contribution in [0.15, 0.2) is 182 Å². The quantitative estimate of drug-likeness (QED) is 0.129. The molecule has 2 aromatic heterocycles. The number of rotatable bonds is 6. The third-order valence-corrected chi connectivity index (χ3v) is 11.6. The van der Waals surface area contributed by atoms with Crippen molar-refractivity contribution >= 4 is 55.5 Å². The van der Waals surface area contributed by atoms with Crippen LogP contribution < -0.4 is 16.5 Å². The molecule has 3 heteroatoms. The lowest BCUT2D eigenvalue weighted by Crippen LogP contribution is -2.53. The maximum atomic E-state index is 4.93. The van der Waals surface area contributed by atoms with E-state index in [1.807, 2.05) is 24.5 Å². The second-order valence-corrected chi connectivity index (χ2v) is 14.9. The number of pyridine rings is 2. The van der Waals surface area contributed by atoms with Crippen LogP contribution in [0.5, 0.6) is 0 Å². The topological polar surface area (TPSA) is 25.8 Å². The molecule has 0 radical (unpaired) electrons. The molecule has 1 atom stereocenters. The van der Waals surface area contributed by atoms with Gasteiger partial charge in [-0.2, -0.15) is 0 Å². The predicted molar refractivity (Wildman–Crippen MR) is 223 cm³/mol. The summed E-state index contributed by atoms with van der Waals surface area (Å²) in [7, 11) is 0. The summed E-state index contributed by atoms with van der Waals surface area (Å²) in [6.07, 6.45) is 3.82. The van der Waals surface area contributed by atoms with Gasteiger partial charge in [-0.05, 0) is 102 Å². The zero-order valence-corrected chi connectivity index (χ0v) is 29.9. The van der Waals surface area contributed by atoms with Crippen molar-refractivity contribution in [3.63, 3.8) is 0 Å². The average molecular weight is 677 g/mol. The van der Waals surface area contributed by atoms with E-state index in [-0.39, 0.29) is 18.0 Å². The van der Waals surface area contributed by atoms with Crippen LogP contribution in [0.4, 0.5) is 0 Å². The minimum atomic E-state index is -0.225. The van der Waals surface area contributed by atoms with Crippen LogP contribution in [0.1, 0.15) is 47.7 Å². The third kappa shape index (κ3) is 5.03. The van der Waals surface area contributed by atoms with Gasteiger partial charge in [0.25, 0.3) is 6.71 Å². The summed E-state index contributed by atoms with van der Waals surface area (Å²) in [6, 6.07) is 62.2. The van der Waals surface area contributed by atoms with Gasteiger partial charge in [0.05, 0.1) is 11.6 Å². The summed E-state index contributed by atoms with van der Waals surface area (Å²) in [5, 5.41) is 7.74. The van der Waals surface area contributed by atoms with Gasteiger partial charge in [-0.1, -0.05) is 158 Å². The molecule has 2 nitrogen and oxygen atoms in total. The average Bonchev–Trinajstić information content (AvgIpc) is 3.22. The van der Waals surface area contributed by atoms with E-state index < -0.39 is 0 Å². The maximum absolute atomic E-state index is 4.93. The Morgan fingerprint density at radius 1 is 0.472 bits per heavy atom. The minimum Gasteiger partial charge on any atom is -0.270 e. The van der Waals surface area contributed by atoms with E-state index in [4.69, 9.17) is 9.97 Å². The highest BCUT2D eigenvalue weighted by Gasteiger charge is 2.36. The first-order valence-electron chi connectivity index (χ1n) is 18.6. The Labute approximate surface area is 310 Å². The molecule has 1 aliphatic carbocycles. The van der Waals surface area contributed by atoms with Crippen molar-refractivity contribution < 1.29 is 0 Å². The fourth-order valence-corrected chi connectivity index (χ4v) is 9.13. The number of benzene rings is 7. The summed E-state index contributed by atoms with van der Waals surface area (Å²) in [5.74, 6) is -0.00947. The molecule has 9 aromatic rings. The molecule has 0 saturated carbocycles. The molecule has 0 amide bonds. The van der Waals surface area contributed by atoms with Crippen LogP contribution in [0.25, 0.3) is 43.4 Å². The van der Waals surface area contributed by atoms with Crippen LogP contribution in [-0.2, 0) is 5.41 Å². The molecule has 7 aromatic carbocycles. The lowest BCUT2D eigenvalue weighted by Gasteiger charge is -2.36. The van der Waals surface area contributed by atoms with E-state index in [2.05, 4.69) is 172 Å². The van der Waals surface area contributed by atoms with Crippen LogP contribution in [0.2, 0.25) is 0 Å². The summed E-state index contributed by atoms with van der Waals surface area (Å²) < 4.78 is 0. The third-order valence-electron chi connectivity index (χ3n) is 11.6. The fourth-order valence-electron chi connectivity index (χ4n) is 9.13. The van der Waals surface area contributed by atoms with Gasteiger partial charge >= 0.3 is 0 Å². The smallest absolute Gasteiger partial charge is 0.265 e. The Morgan fingerprint density at radius 2 is 1.15 bits per heavy atom. The van der Waals surface area contributed by atoms with Crippen molar-refractivity contribution in [3.05, 3.63) is 210 Å². The number of hydrogen-bond acceptors (Lipinski definition) is 2. The van der Waals surface area contributed by atoms with Crippen LogP contribution in [0.3, 0.4) is 0 Å². The lowest BCUT2D eigenvalue weighted by molar-refractivity contribution is 0.646. The van der Waals surface area contributed by atoms with Crippen molar-refractivity contribution in [1.82, 2.24) is 9.97 Å². The molecule has 250 valence electrons. The van der Waals surface area contributed by atoms with Gasteiger partial charge in [-0.15, -0.1) is 0 Å². The van der Waals surface area contributed by atoms with Crippen LogP contribution >= 0.6 is 0 Å². The molecule has 0 aliphatic heterocycles. The minimum absolute atomic E-state index is 0.00947. The zero-order valence-electron chi connectivity index (χ0n) is 29.9. The number of hydrogen-bond donors (Lipinski definition) is 0. The second kappa shape index (κ2) is 12.4. The van der Waals surface area contributed by atoms with E-state index in [1.165, 1.54) is 76.6 Å². The Morgan fingerprint density at radius 3 is 1.91 bits per heavy atom. The van der Waals surface area contributed by atoms with Crippen molar-refractivity contribution in [3.8, 4) is 11.1 Å². The highest BCUT2D eigenvalue weighted by molar-refractivity contribution is 6.95. The standard InChI is InChI=1S/C50H37BN2/c1-50(2)44-23-15-22-39-41-32-42(48(33-16-5-3-6-17-33)46-24-11-13-28-52-46)37-21-10-9-20-36(37)40(41)31-43(49(39)44)38-27-26-35(30-45(38)50)51(34-18-7-4-8-19-34)47-25-12-14-29-53-47/h3-32,48H,1-2H3. The van der Waals surface area contributed by atoms with Gasteiger partial charge in [0.1, 0.15) is 0 Å². The van der Waals surface area contributed by atoms with Gasteiger partial charge in [0.15, 0.2) is 0 Å². The van der Waals surface area contributed by atoms with Gasteiger partial charge in [-0.25, -0.2) is 0 Å². The molecular formula is C50H37BN2. The van der Waals surface area contributed by atoms with Crippen molar-refractivity contribution in [1.29, 1.82) is 0 Å². The fraction of sp³-hybridized carbons (Fsp3) is 0.0800. The largest absolute Gasteiger partial charge is 0.270 e. The summed E-state index contributed by atoms with van der Waals surface area (Å²) >= 11 is 0. The molecule has 0 saturated heterocycles. The Kier molecular flexibility index (Phi) is 7.37. The Hall–Kier alpha value is -6.32. The van der Waals surface area contributed by atoms with Crippen molar-refractivity contribution in [2.24, 2.45) is 0 Å². The van der Waals surface area contributed by atoms with Gasteiger partial charge < -0.3 is 0 Å². The first-order chi connectivity index (χ1) is 26.1. The first-order valence-corrected chi connectivity index (χ1v) is 18.6. The van der Waals surface area contributed by atoms with E-state index in [9.17, 15) is 0 Å². The number of aromatic nitrogens is 2. The number of fused-ring (bicyclic) bond motifs is 6. The molecule has 0 N–H and O–H groups in total. The predicted octanol–water partition coefficient (Wildman–Crippen LogP) is 9.94. The van der Waals surface area contributed by atoms with Crippen molar-refractivity contribution in [2.45, 2.75) is 25.2 Å². The van der Waals surface area contributed by atoms with Gasteiger partial charge in [0.2, 0.25) is 0 Å². The monoisotopic (exact) mass is 676 g/mol. The summed E-state index contributed by atoms with van der Waals surface area (Å²) in [5.41, 5.74) is 12.2. The Balaban J connectivity index is 1.24. The van der Waals surface area contributed by atoms with E-state index in [0.29, 0.717) is 0 Å². The lowest BCUT2D eigenvalue weighted by atomic mass is 9.38.